The third-order valence-corrected chi connectivity index (χ3v) is 4.22. The number of rotatable bonds is 3. The Labute approximate surface area is 145 Å². The number of carbonyl (C=O) groups excluding carboxylic acids is 1. The summed E-state index contributed by atoms with van der Waals surface area (Å²) in [5, 5.41) is 2.26. The summed E-state index contributed by atoms with van der Waals surface area (Å²) in [4.78, 5) is 23.2. The minimum atomic E-state index is -0.829. The quantitative estimate of drug-likeness (QED) is 0.923. The van der Waals surface area contributed by atoms with Gasteiger partial charge in [-0.25, -0.2) is 18.7 Å². The molecule has 1 N–H and O–H groups in total. The molecular weight excluding hydrogens is 326 g/mol. The molecule has 3 rings (SSSR count). The Morgan fingerprint density at radius 3 is 2.68 bits per heavy atom. The van der Waals surface area contributed by atoms with E-state index in [-0.39, 0.29) is 5.69 Å². The first-order chi connectivity index (χ1) is 11.9. The maximum absolute atomic E-state index is 13.7. The standard InChI is InChI=1S/C18H20F2N4O/c1-11-5-4-8-24(10-11)18-21-12(2)9-15(22-18)17(25)23-16-13(19)6-3-7-14(16)20/h3,6-7,9,11H,4-5,8,10H2,1-2H3,(H,23,25). The van der Waals surface area contributed by atoms with Gasteiger partial charge in [0.2, 0.25) is 5.95 Å². The second-order valence-corrected chi connectivity index (χ2v) is 6.44. The molecule has 1 aromatic carbocycles. The molecule has 2 aromatic rings. The minimum absolute atomic E-state index is 0.0865. The monoisotopic (exact) mass is 346 g/mol. The van der Waals surface area contributed by atoms with Gasteiger partial charge in [0.1, 0.15) is 23.0 Å². The van der Waals surface area contributed by atoms with E-state index in [2.05, 4.69) is 22.2 Å². The van der Waals surface area contributed by atoms with Crippen LogP contribution in [0.15, 0.2) is 24.3 Å². The Morgan fingerprint density at radius 2 is 2.00 bits per heavy atom. The van der Waals surface area contributed by atoms with Crippen LogP contribution < -0.4 is 10.2 Å². The molecule has 1 aliphatic heterocycles. The lowest BCUT2D eigenvalue weighted by Crippen LogP contribution is -2.36. The Hall–Kier alpha value is -2.57. The van der Waals surface area contributed by atoms with Crippen molar-refractivity contribution in [1.82, 2.24) is 9.97 Å². The van der Waals surface area contributed by atoms with E-state index >= 15 is 0 Å². The van der Waals surface area contributed by atoms with Crippen LogP contribution in [-0.4, -0.2) is 29.0 Å². The second-order valence-electron chi connectivity index (χ2n) is 6.44. The normalized spacial score (nSPS) is 17.4. The summed E-state index contributed by atoms with van der Waals surface area (Å²) < 4.78 is 27.4. The fourth-order valence-electron chi connectivity index (χ4n) is 2.98. The number of nitrogens with zero attached hydrogens (tertiary/aromatic N) is 3. The van der Waals surface area contributed by atoms with Gasteiger partial charge < -0.3 is 10.2 Å². The molecule has 1 saturated heterocycles. The van der Waals surface area contributed by atoms with Crippen molar-refractivity contribution in [3.63, 3.8) is 0 Å². The summed E-state index contributed by atoms with van der Waals surface area (Å²) >= 11 is 0. The van der Waals surface area contributed by atoms with Gasteiger partial charge in [0.25, 0.3) is 5.91 Å². The predicted molar refractivity (Wildman–Crippen MR) is 91.7 cm³/mol. The number of aryl methyl sites for hydroxylation is 1. The van der Waals surface area contributed by atoms with Crippen molar-refractivity contribution >= 4 is 17.5 Å². The van der Waals surface area contributed by atoms with E-state index < -0.39 is 23.2 Å². The summed E-state index contributed by atoms with van der Waals surface area (Å²) in [6, 6.07) is 4.92. The molecular formula is C18H20F2N4O. The Bertz CT molecular complexity index is 776. The SMILES string of the molecule is Cc1cc(C(=O)Nc2c(F)cccc2F)nc(N2CCCC(C)C2)n1. The molecule has 0 aliphatic carbocycles. The number of amides is 1. The van der Waals surface area contributed by atoms with E-state index in [0.717, 1.165) is 38.1 Å². The lowest BCUT2D eigenvalue weighted by atomic mass is 10.0. The summed E-state index contributed by atoms with van der Waals surface area (Å²) in [7, 11) is 0. The molecule has 1 amide bonds. The lowest BCUT2D eigenvalue weighted by molar-refractivity contribution is 0.102. The van der Waals surface area contributed by atoms with Crippen molar-refractivity contribution in [1.29, 1.82) is 0 Å². The van der Waals surface area contributed by atoms with Crippen LogP contribution in [0.4, 0.5) is 20.4 Å². The highest BCUT2D eigenvalue weighted by Gasteiger charge is 2.21. The number of nitrogens with one attached hydrogen (secondary N) is 1. The molecule has 2 heterocycles. The van der Waals surface area contributed by atoms with Crippen molar-refractivity contribution in [2.45, 2.75) is 26.7 Å². The number of hydrogen-bond donors (Lipinski definition) is 1. The Kier molecular flexibility index (Phi) is 4.92. The van der Waals surface area contributed by atoms with Gasteiger partial charge in [-0.2, -0.15) is 0 Å². The van der Waals surface area contributed by atoms with Crippen LogP contribution in [0.2, 0.25) is 0 Å². The van der Waals surface area contributed by atoms with E-state index in [1.807, 2.05) is 4.90 Å². The summed E-state index contributed by atoms with van der Waals surface area (Å²) in [6.07, 6.45) is 2.20. The van der Waals surface area contributed by atoms with Crippen LogP contribution >= 0.6 is 0 Å². The molecule has 7 heteroatoms. The number of anilines is 2. The minimum Gasteiger partial charge on any atom is -0.341 e. The smallest absolute Gasteiger partial charge is 0.274 e. The topological polar surface area (TPSA) is 58.1 Å². The van der Waals surface area contributed by atoms with Crippen LogP contribution in [-0.2, 0) is 0 Å². The zero-order valence-corrected chi connectivity index (χ0v) is 14.2. The molecule has 1 fully saturated rings. The van der Waals surface area contributed by atoms with Gasteiger partial charge in [0.05, 0.1) is 0 Å². The van der Waals surface area contributed by atoms with Crippen molar-refractivity contribution in [3.8, 4) is 0 Å². The predicted octanol–water partition coefficient (Wildman–Crippen LogP) is 3.55. The molecule has 0 bridgehead atoms. The van der Waals surface area contributed by atoms with Gasteiger partial charge in [-0.05, 0) is 43.9 Å². The van der Waals surface area contributed by atoms with E-state index in [1.54, 1.807) is 6.92 Å². The number of piperidine rings is 1. The molecule has 5 nitrogen and oxygen atoms in total. The zero-order chi connectivity index (χ0) is 18.0. The Balaban J connectivity index is 1.85. The van der Waals surface area contributed by atoms with Gasteiger partial charge >= 0.3 is 0 Å². The van der Waals surface area contributed by atoms with Gasteiger partial charge in [0.15, 0.2) is 0 Å². The van der Waals surface area contributed by atoms with E-state index in [9.17, 15) is 13.6 Å². The fourth-order valence-corrected chi connectivity index (χ4v) is 2.98. The van der Waals surface area contributed by atoms with Crippen LogP contribution in [0, 0.1) is 24.5 Å². The molecule has 1 aromatic heterocycles. The van der Waals surface area contributed by atoms with E-state index in [1.165, 1.54) is 12.1 Å². The first kappa shape index (κ1) is 17.3. The van der Waals surface area contributed by atoms with E-state index in [4.69, 9.17) is 0 Å². The molecule has 1 atom stereocenters. The number of aromatic nitrogens is 2. The number of para-hydroxylation sites is 1. The van der Waals surface area contributed by atoms with Gasteiger partial charge in [-0.3, -0.25) is 4.79 Å². The molecule has 132 valence electrons. The summed E-state index contributed by atoms with van der Waals surface area (Å²) in [5.74, 6) is -1.32. The zero-order valence-electron chi connectivity index (χ0n) is 14.2. The number of hydrogen-bond acceptors (Lipinski definition) is 4. The highest BCUT2D eigenvalue weighted by molar-refractivity contribution is 6.03. The summed E-state index contributed by atoms with van der Waals surface area (Å²) in [5.41, 5.74) is 0.239. The maximum Gasteiger partial charge on any atom is 0.274 e. The highest BCUT2D eigenvalue weighted by Crippen LogP contribution is 2.22. The molecule has 1 aliphatic rings. The van der Waals surface area contributed by atoms with Crippen molar-refractivity contribution < 1.29 is 13.6 Å². The number of halogens is 2. The highest BCUT2D eigenvalue weighted by atomic mass is 19.1. The first-order valence-electron chi connectivity index (χ1n) is 8.30. The van der Waals surface area contributed by atoms with Crippen LogP contribution in [0.5, 0.6) is 0 Å². The average Bonchev–Trinajstić information content (AvgIpc) is 2.57. The average molecular weight is 346 g/mol. The Morgan fingerprint density at radius 1 is 1.28 bits per heavy atom. The number of benzene rings is 1. The number of carbonyl (C=O) groups is 1. The maximum atomic E-state index is 13.7. The lowest BCUT2D eigenvalue weighted by Gasteiger charge is -2.31. The fraction of sp³-hybridized carbons (Fsp3) is 0.389. The second kappa shape index (κ2) is 7.13. The third-order valence-electron chi connectivity index (χ3n) is 4.22. The van der Waals surface area contributed by atoms with E-state index in [0.29, 0.717) is 17.6 Å². The van der Waals surface area contributed by atoms with Crippen LogP contribution in [0.1, 0.15) is 35.9 Å². The summed E-state index contributed by atoms with van der Waals surface area (Å²) in [6.45, 7) is 5.58. The molecule has 0 saturated carbocycles. The molecule has 25 heavy (non-hydrogen) atoms. The molecule has 1 unspecified atom stereocenters. The first-order valence-corrected chi connectivity index (χ1v) is 8.30. The molecule has 0 spiro atoms. The largest absolute Gasteiger partial charge is 0.341 e. The van der Waals surface area contributed by atoms with Crippen LogP contribution in [0.3, 0.4) is 0 Å². The third kappa shape index (κ3) is 3.92. The van der Waals surface area contributed by atoms with Gasteiger partial charge in [-0.15, -0.1) is 0 Å². The van der Waals surface area contributed by atoms with Crippen molar-refractivity contribution in [2.75, 3.05) is 23.3 Å². The van der Waals surface area contributed by atoms with Crippen molar-refractivity contribution in [2.24, 2.45) is 5.92 Å². The van der Waals surface area contributed by atoms with Crippen LogP contribution in [0.25, 0.3) is 0 Å². The van der Waals surface area contributed by atoms with Crippen molar-refractivity contribution in [3.05, 3.63) is 47.3 Å². The van der Waals surface area contributed by atoms with Gasteiger partial charge in [0, 0.05) is 18.8 Å². The van der Waals surface area contributed by atoms with Gasteiger partial charge in [-0.1, -0.05) is 13.0 Å². The molecule has 0 radical (unpaired) electrons.